The Kier molecular flexibility index (Phi) is 4.74. The molecule has 0 spiro atoms. The average molecular weight is 338 g/mol. The van der Waals surface area contributed by atoms with Gasteiger partial charge in [-0.2, -0.15) is 5.10 Å². The van der Waals surface area contributed by atoms with Gasteiger partial charge in [0, 0.05) is 25.0 Å². The van der Waals surface area contributed by atoms with Crippen LogP contribution in [0.25, 0.3) is 0 Å². The monoisotopic (exact) mass is 338 g/mol. The first kappa shape index (κ1) is 17.0. The van der Waals surface area contributed by atoms with Crippen molar-refractivity contribution < 1.29 is 14.3 Å². The summed E-state index contributed by atoms with van der Waals surface area (Å²) in [6.07, 6.45) is 0.645. The van der Waals surface area contributed by atoms with Crippen LogP contribution >= 0.6 is 0 Å². The smallest absolute Gasteiger partial charge is 0.240 e. The fraction of sp³-hybridized carbons (Fsp3) is 0.300. The molecule has 3 rings (SSSR count). The second kappa shape index (κ2) is 6.97. The molecule has 1 unspecified atom stereocenters. The van der Waals surface area contributed by atoms with Crippen LogP contribution in [-0.4, -0.2) is 30.8 Å². The molecule has 5 heteroatoms. The molecule has 1 aliphatic heterocycles. The molecule has 0 bridgehead atoms. The van der Waals surface area contributed by atoms with E-state index >= 15 is 0 Å². The number of benzene rings is 2. The van der Waals surface area contributed by atoms with E-state index in [1.165, 1.54) is 12.5 Å². The molecule has 0 saturated carbocycles. The van der Waals surface area contributed by atoms with Crippen LogP contribution in [0.4, 0.5) is 0 Å². The number of nitrogens with zero attached hydrogens (tertiary/aromatic N) is 2. The predicted molar refractivity (Wildman–Crippen MR) is 97.1 cm³/mol. The third-order valence-corrected chi connectivity index (χ3v) is 4.38. The molecule has 0 radical (unpaired) electrons. The van der Waals surface area contributed by atoms with E-state index in [1.54, 1.807) is 19.2 Å². The molecule has 0 N–H and O–H groups in total. The molecule has 1 heterocycles. The van der Waals surface area contributed by atoms with Gasteiger partial charge in [-0.25, -0.2) is 5.01 Å². The van der Waals surface area contributed by atoms with Crippen LogP contribution in [0.3, 0.4) is 0 Å². The quantitative estimate of drug-likeness (QED) is 0.854. The number of carbonyl (C=O) groups is 1. The van der Waals surface area contributed by atoms with Crippen LogP contribution < -0.4 is 9.47 Å². The number of amides is 1. The largest absolute Gasteiger partial charge is 0.497 e. The minimum absolute atomic E-state index is 0.0921. The highest BCUT2D eigenvalue weighted by atomic mass is 16.5. The summed E-state index contributed by atoms with van der Waals surface area (Å²) in [5, 5.41) is 6.13. The molecule has 0 fully saturated rings. The zero-order chi connectivity index (χ0) is 18.0. The number of aryl methyl sites for hydroxylation is 1. The number of rotatable bonds is 4. The van der Waals surface area contributed by atoms with Crippen molar-refractivity contribution in [3.05, 3.63) is 59.2 Å². The van der Waals surface area contributed by atoms with Crippen molar-refractivity contribution >= 4 is 11.6 Å². The minimum Gasteiger partial charge on any atom is -0.497 e. The molecule has 1 aliphatic rings. The molecule has 1 amide bonds. The van der Waals surface area contributed by atoms with Crippen molar-refractivity contribution in [3.8, 4) is 11.5 Å². The Morgan fingerprint density at radius 3 is 2.60 bits per heavy atom. The first-order valence-corrected chi connectivity index (χ1v) is 8.19. The van der Waals surface area contributed by atoms with Crippen LogP contribution in [0.15, 0.2) is 47.6 Å². The summed E-state index contributed by atoms with van der Waals surface area (Å²) in [7, 11) is 3.23. The zero-order valence-electron chi connectivity index (χ0n) is 14.9. The van der Waals surface area contributed by atoms with Gasteiger partial charge < -0.3 is 9.47 Å². The summed E-state index contributed by atoms with van der Waals surface area (Å²) in [6, 6.07) is 13.6. The first-order chi connectivity index (χ1) is 12.0. The van der Waals surface area contributed by atoms with Crippen LogP contribution in [0, 0.1) is 6.92 Å². The Morgan fingerprint density at radius 1 is 1.16 bits per heavy atom. The van der Waals surface area contributed by atoms with E-state index < -0.39 is 0 Å². The number of methoxy groups -OCH3 is 2. The summed E-state index contributed by atoms with van der Waals surface area (Å²) in [4.78, 5) is 12.1. The third-order valence-electron chi connectivity index (χ3n) is 4.38. The van der Waals surface area contributed by atoms with Gasteiger partial charge in [0.15, 0.2) is 0 Å². The second-order valence-corrected chi connectivity index (χ2v) is 6.11. The molecule has 130 valence electrons. The highest BCUT2D eigenvalue weighted by Crippen LogP contribution is 2.39. The van der Waals surface area contributed by atoms with E-state index in [1.807, 2.05) is 43.3 Å². The van der Waals surface area contributed by atoms with Crippen molar-refractivity contribution in [3.63, 3.8) is 0 Å². The van der Waals surface area contributed by atoms with Crippen molar-refractivity contribution in [2.75, 3.05) is 14.2 Å². The lowest BCUT2D eigenvalue weighted by molar-refractivity contribution is -0.130. The number of carbonyl (C=O) groups excluding carboxylic acids is 1. The van der Waals surface area contributed by atoms with Gasteiger partial charge in [-0.05, 0) is 24.6 Å². The molecular formula is C20H22N2O3. The third kappa shape index (κ3) is 3.36. The Morgan fingerprint density at radius 2 is 1.96 bits per heavy atom. The lowest BCUT2D eigenvalue weighted by Gasteiger charge is -2.22. The van der Waals surface area contributed by atoms with Gasteiger partial charge in [-0.15, -0.1) is 0 Å². The van der Waals surface area contributed by atoms with E-state index in [0.29, 0.717) is 17.9 Å². The van der Waals surface area contributed by atoms with Crippen LogP contribution in [0.2, 0.25) is 0 Å². The summed E-state index contributed by atoms with van der Waals surface area (Å²) in [6.45, 7) is 3.58. The van der Waals surface area contributed by atoms with Gasteiger partial charge in [0.05, 0.1) is 26.0 Å². The van der Waals surface area contributed by atoms with Gasteiger partial charge in [-0.3, -0.25) is 4.79 Å². The molecule has 0 aromatic heterocycles. The van der Waals surface area contributed by atoms with Gasteiger partial charge in [0.1, 0.15) is 11.5 Å². The van der Waals surface area contributed by atoms with Gasteiger partial charge >= 0.3 is 0 Å². The van der Waals surface area contributed by atoms with Crippen molar-refractivity contribution in [2.45, 2.75) is 26.3 Å². The van der Waals surface area contributed by atoms with E-state index in [4.69, 9.17) is 9.47 Å². The van der Waals surface area contributed by atoms with Crippen molar-refractivity contribution in [1.82, 2.24) is 5.01 Å². The second-order valence-electron chi connectivity index (χ2n) is 6.11. The summed E-state index contributed by atoms with van der Waals surface area (Å²) < 4.78 is 10.8. The molecule has 25 heavy (non-hydrogen) atoms. The molecule has 2 aromatic rings. The van der Waals surface area contributed by atoms with Crippen LogP contribution in [0.1, 0.15) is 36.1 Å². The lowest BCUT2D eigenvalue weighted by atomic mass is 9.97. The topological polar surface area (TPSA) is 51.1 Å². The first-order valence-electron chi connectivity index (χ1n) is 8.19. The maximum absolute atomic E-state index is 12.1. The Bertz CT molecular complexity index is 829. The van der Waals surface area contributed by atoms with E-state index in [0.717, 1.165) is 16.8 Å². The maximum atomic E-state index is 12.1. The molecule has 5 nitrogen and oxygen atoms in total. The standard InChI is InChI=1S/C20H22N2O3/c1-13-6-5-7-15(10-13)18-12-19(22(21-18)14(2)23)17-9-8-16(24-3)11-20(17)25-4/h5-11,19H,12H2,1-4H3. The molecule has 2 aromatic carbocycles. The SMILES string of the molecule is COc1ccc(C2CC(c3cccc(C)c3)=NN2C(C)=O)c(OC)c1. The highest BCUT2D eigenvalue weighted by molar-refractivity contribution is 6.03. The van der Waals surface area contributed by atoms with Crippen LogP contribution in [-0.2, 0) is 4.79 Å². The summed E-state index contributed by atoms with van der Waals surface area (Å²) >= 11 is 0. The maximum Gasteiger partial charge on any atom is 0.240 e. The normalized spacial score (nSPS) is 16.6. The van der Waals surface area contributed by atoms with Gasteiger partial charge in [-0.1, -0.05) is 29.8 Å². The number of hydrazone groups is 1. The molecule has 0 aliphatic carbocycles. The fourth-order valence-corrected chi connectivity index (χ4v) is 3.14. The fourth-order valence-electron chi connectivity index (χ4n) is 3.14. The Hall–Kier alpha value is -2.82. The zero-order valence-corrected chi connectivity index (χ0v) is 14.9. The lowest BCUT2D eigenvalue weighted by Crippen LogP contribution is -2.24. The number of ether oxygens (including phenoxy) is 2. The van der Waals surface area contributed by atoms with E-state index in [9.17, 15) is 4.79 Å². The summed E-state index contributed by atoms with van der Waals surface area (Å²) in [5.74, 6) is 1.31. The predicted octanol–water partition coefficient (Wildman–Crippen LogP) is 3.71. The van der Waals surface area contributed by atoms with E-state index in [2.05, 4.69) is 11.2 Å². The van der Waals surface area contributed by atoms with Crippen molar-refractivity contribution in [1.29, 1.82) is 0 Å². The van der Waals surface area contributed by atoms with Crippen LogP contribution in [0.5, 0.6) is 11.5 Å². The van der Waals surface area contributed by atoms with Gasteiger partial charge in [0.2, 0.25) is 5.91 Å². The molecule has 0 saturated heterocycles. The highest BCUT2D eigenvalue weighted by Gasteiger charge is 2.33. The Balaban J connectivity index is 1.99. The van der Waals surface area contributed by atoms with Crippen molar-refractivity contribution in [2.24, 2.45) is 5.10 Å². The minimum atomic E-state index is -0.186. The van der Waals surface area contributed by atoms with Gasteiger partial charge in [0.25, 0.3) is 0 Å². The Labute approximate surface area is 147 Å². The average Bonchev–Trinajstić information content (AvgIpc) is 3.06. The molecular weight excluding hydrogens is 316 g/mol. The summed E-state index contributed by atoms with van der Waals surface area (Å²) in [5.41, 5.74) is 4.04. The number of hydrogen-bond acceptors (Lipinski definition) is 4. The number of hydrogen-bond donors (Lipinski definition) is 0. The molecule has 1 atom stereocenters. The van der Waals surface area contributed by atoms with E-state index in [-0.39, 0.29) is 11.9 Å².